The van der Waals surface area contributed by atoms with Crippen LogP contribution in [0.3, 0.4) is 0 Å². The van der Waals surface area contributed by atoms with Crippen LogP contribution in [0.2, 0.25) is 0 Å². The number of carboxylic acid groups (broad SMARTS) is 1. The lowest BCUT2D eigenvalue weighted by atomic mass is 9.70. The molecule has 1 amide bonds. The molecule has 1 N–H and O–H groups in total. The summed E-state index contributed by atoms with van der Waals surface area (Å²) in [6.07, 6.45) is 16.5. The summed E-state index contributed by atoms with van der Waals surface area (Å²) in [6, 6.07) is 2.03. The molecule has 3 fully saturated rings. The fourth-order valence-corrected chi connectivity index (χ4v) is 8.09. The van der Waals surface area contributed by atoms with E-state index in [1.165, 1.54) is 23.3 Å². The van der Waals surface area contributed by atoms with Crippen molar-refractivity contribution in [3.8, 4) is 0 Å². The number of amides is 1. The number of Topliss-reactive ketones (excluding diaryl/α,β-unsaturated/α-hetero) is 1. The molecule has 0 atom stereocenters. The lowest BCUT2D eigenvalue weighted by Gasteiger charge is -2.43. The quantitative estimate of drug-likeness (QED) is 0.465. The number of hydrogen-bond acceptors (Lipinski definition) is 4. The highest BCUT2D eigenvalue weighted by Crippen LogP contribution is 2.50. The summed E-state index contributed by atoms with van der Waals surface area (Å²) in [5, 5.41) is 10.2. The molecule has 5 rings (SSSR count). The van der Waals surface area contributed by atoms with Crippen molar-refractivity contribution >= 4 is 40.3 Å². The van der Waals surface area contributed by atoms with Crippen molar-refractivity contribution in [2.75, 3.05) is 4.90 Å². The second kappa shape index (κ2) is 10.2. The molecular weight excluding hydrogens is 458 g/mol. The van der Waals surface area contributed by atoms with Gasteiger partial charge in [-0.1, -0.05) is 13.0 Å². The molecule has 1 aromatic heterocycles. The Kier molecular flexibility index (Phi) is 7.20. The van der Waals surface area contributed by atoms with Gasteiger partial charge in [-0.3, -0.25) is 9.59 Å². The molecule has 4 aliphatic rings. The predicted molar refractivity (Wildman–Crippen MR) is 140 cm³/mol. The van der Waals surface area contributed by atoms with Crippen LogP contribution in [0.25, 0.3) is 5.57 Å². The molecule has 0 radical (unpaired) electrons. The van der Waals surface area contributed by atoms with Gasteiger partial charge in [0.05, 0.1) is 5.69 Å². The minimum absolute atomic E-state index is 0.0177. The van der Waals surface area contributed by atoms with Gasteiger partial charge in [0.15, 0.2) is 0 Å². The van der Waals surface area contributed by atoms with E-state index in [4.69, 9.17) is 0 Å². The van der Waals surface area contributed by atoms with E-state index in [1.807, 2.05) is 11.0 Å². The Bertz CT molecular complexity index is 1010. The molecule has 4 aliphatic carbocycles. The maximum atomic E-state index is 14.1. The molecule has 0 unspecified atom stereocenters. The maximum absolute atomic E-state index is 14.1. The smallest absolute Gasteiger partial charge is 0.348 e. The first-order valence-corrected chi connectivity index (χ1v) is 14.6. The average molecular weight is 498 g/mol. The molecule has 0 bridgehead atoms. The summed E-state index contributed by atoms with van der Waals surface area (Å²) < 4.78 is 0. The van der Waals surface area contributed by atoms with Gasteiger partial charge in [0, 0.05) is 29.7 Å². The minimum Gasteiger partial charge on any atom is -0.477 e. The van der Waals surface area contributed by atoms with Crippen molar-refractivity contribution in [2.24, 2.45) is 17.3 Å². The highest BCUT2D eigenvalue weighted by molar-refractivity contribution is 7.15. The van der Waals surface area contributed by atoms with Gasteiger partial charge >= 0.3 is 5.97 Å². The monoisotopic (exact) mass is 497 g/mol. The van der Waals surface area contributed by atoms with Crippen molar-refractivity contribution in [3.05, 3.63) is 21.9 Å². The SMILES string of the molecule is CC1CCC(C(=O)N(c2cc(C3=CCCCC3)sc2C(=O)O)C2CCC3(CCC(=O)C3)CC2)CC1. The maximum Gasteiger partial charge on any atom is 0.348 e. The first-order chi connectivity index (χ1) is 16.8. The lowest BCUT2D eigenvalue weighted by Crippen LogP contribution is -2.47. The lowest BCUT2D eigenvalue weighted by molar-refractivity contribution is -0.124. The van der Waals surface area contributed by atoms with E-state index in [9.17, 15) is 19.5 Å². The predicted octanol–water partition coefficient (Wildman–Crippen LogP) is 7.25. The summed E-state index contributed by atoms with van der Waals surface area (Å²) in [6.45, 7) is 2.26. The Labute approximate surface area is 213 Å². The van der Waals surface area contributed by atoms with Gasteiger partial charge in [-0.05, 0) is 106 Å². The first kappa shape index (κ1) is 24.7. The van der Waals surface area contributed by atoms with Crippen LogP contribution in [0.5, 0.6) is 0 Å². The largest absolute Gasteiger partial charge is 0.477 e. The molecule has 6 heteroatoms. The minimum atomic E-state index is -0.934. The fourth-order valence-electron chi connectivity index (χ4n) is 7.03. The number of hydrogen-bond donors (Lipinski definition) is 1. The number of ketones is 1. The first-order valence-electron chi connectivity index (χ1n) is 13.8. The van der Waals surface area contributed by atoms with Crippen molar-refractivity contribution in [1.29, 1.82) is 0 Å². The number of thiophene rings is 1. The molecule has 0 saturated heterocycles. The summed E-state index contributed by atoms with van der Waals surface area (Å²) in [5.74, 6) is 0.210. The molecule has 5 nitrogen and oxygen atoms in total. The Morgan fingerprint density at radius 3 is 2.37 bits per heavy atom. The Morgan fingerprint density at radius 2 is 1.77 bits per heavy atom. The van der Waals surface area contributed by atoms with Crippen LogP contribution in [-0.4, -0.2) is 28.8 Å². The zero-order valence-corrected chi connectivity index (χ0v) is 21.8. The normalized spacial score (nSPS) is 31.4. The number of carbonyl (C=O) groups excluding carboxylic acids is 2. The number of carboxylic acids is 1. The Balaban J connectivity index is 1.47. The average Bonchev–Trinajstić information content (AvgIpc) is 3.46. The van der Waals surface area contributed by atoms with Gasteiger partial charge in [0.25, 0.3) is 0 Å². The van der Waals surface area contributed by atoms with Gasteiger partial charge in [-0.25, -0.2) is 4.79 Å². The van der Waals surface area contributed by atoms with E-state index in [0.717, 1.165) is 81.9 Å². The molecule has 0 aliphatic heterocycles. The Morgan fingerprint density at radius 1 is 1.03 bits per heavy atom. The zero-order chi connectivity index (χ0) is 24.6. The van der Waals surface area contributed by atoms with E-state index in [1.54, 1.807) is 0 Å². The third kappa shape index (κ3) is 5.14. The highest BCUT2D eigenvalue weighted by Gasteiger charge is 2.44. The number of nitrogens with zero attached hydrogens (tertiary/aromatic N) is 1. The van der Waals surface area contributed by atoms with E-state index in [-0.39, 0.29) is 23.3 Å². The third-order valence-corrected chi connectivity index (χ3v) is 10.5. The van der Waals surface area contributed by atoms with E-state index in [0.29, 0.717) is 35.1 Å². The van der Waals surface area contributed by atoms with Gasteiger partial charge < -0.3 is 10.0 Å². The molecular formula is C29H39NO4S. The Hall–Kier alpha value is -1.95. The second-order valence-corrected chi connectivity index (χ2v) is 12.8. The van der Waals surface area contributed by atoms with Crippen LogP contribution >= 0.6 is 11.3 Å². The van der Waals surface area contributed by atoms with Crippen molar-refractivity contribution in [3.63, 3.8) is 0 Å². The molecule has 0 aromatic carbocycles. The summed E-state index contributed by atoms with van der Waals surface area (Å²) in [7, 11) is 0. The summed E-state index contributed by atoms with van der Waals surface area (Å²) >= 11 is 1.34. The van der Waals surface area contributed by atoms with Crippen LogP contribution in [0, 0.1) is 17.3 Å². The van der Waals surface area contributed by atoms with Crippen LogP contribution in [0.4, 0.5) is 5.69 Å². The zero-order valence-electron chi connectivity index (χ0n) is 21.0. The van der Waals surface area contributed by atoms with E-state index >= 15 is 0 Å². The number of rotatable bonds is 5. The molecule has 1 heterocycles. The van der Waals surface area contributed by atoms with E-state index < -0.39 is 5.97 Å². The van der Waals surface area contributed by atoms with Crippen molar-refractivity contribution < 1.29 is 19.5 Å². The second-order valence-electron chi connectivity index (χ2n) is 11.7. The van der Waals surface area contributed by atoms with Gasteiger partial charge in [-0.2, -0.15) is 0 Å². The number of carbonyl (C=O) groups is 3. The van der Waals surface area contributed by atoms with Crippen LogP contribution < -0.4 is 4.90 Å². The van der Waals surface area contributed by atoms with Gasteiger partial charge in [0.1, 0.15) is 10.7 Å². The van der Waals surface area contributed by atoms with Gasteiger partial charge in [-0.15, -0.1) is 11.3 Å². The van der Waals surface area contributed by atoms with E-state index in [2.05, 4.69) is 13.0 Å². The summed E-state index contributed by atoms with van der Waals surface area (Å²) in [4.78, 5) is 41.8. The molecule has 3 saturated carbocycles. The fraction of sp³-hybridized carbons (Fsp3) is 0.690. The van der Waals surface area contributed by atoms with Crippen molar-refractivity contribution in [1.82, 2.24) is 0 Å². The number of aromatic carboxylic acids is 1. The molecule has 35 heavy (non-hydrogen) atoms. The van der Waals surface area contributed by atoms with Crippen molar-refractivity contribution in [2.45, 2.75) is 109 Å². The van der Waals surface area contributed by atoms with Gasteiger partial charge in [0.2, 0.25) is 5.91 Å². The number of allylic oxidation sites excluding steroid dienone is 2. The topological polar surface area (TPSA) is 74.7 Å². The third-order valence-electron chi connectivity index (χ3n) is 9.26. The van der Waals surface area contributed by atoms with Crippen LogP contribution in [-0.2, 0) is 9.59 Å². The number of anilines is 1. The molecule has 1 aromatic rings. The summed E-state index contributed by atoms with van der Waals surface area (Å²) in [5.41, 5.74) is 1.97. The van der Waals surface area contributed by atoms with Crippen LogP contribution in [0.1, 0.15) is 118 Å². The highest BCUT2D eigenvalue weighted by atomic mass is 32.1. The molecule has 1 spiro atoms. The van der Waals surface area contributed by atoms with Crippen LogP contribution in [0.15, 0.2) is 12.1 Å². The standard InChI is InChI=1S/C29H39NO4S/c1-19-7-9-21(10-8-19)27(32)30(22-11-14-29(15-12-22)16-13-23(31)18-29)24-17-25(35-26(24)28(33)34)20-5-3-2-4-6-20/h5,17,19,21-22H,2-4,6-16,18H2,1H3,(H,33,34). The molecule has 190 valence electrons.